The Morgan fingerprint density at radius 3 is 2.58 bits per heavy atom. The molecule has 1 aromatic rings. The number of thioether (sulfide) groups is 1. The fourth-order valence-electron chi connectivity index (χ4n) is 1.57. The molecule has 5 heteroatoms. The van der Waals surface area contributed by atoms with E-state index < -0.39 is 0 Å². The standard InChI is InChI=1S/C14H22N2OS.ClH/c1-11(2)18-13-8-5-4-7-12(13)14(17)16-10-6-9-15-3;/h4-5,7-8,11,15H,6,9-10H2,1-3H3,(H,16,17);1H. The number of halogens is 1. The Kier molecular flexibility index (Phi) is 9.74. The molecule has 0 radical (unpaired) electrons. The molecule has 0 aliphatic rings. The minimum atomic E-state index is 0. The minimum absolute atomic E-state index is 0. The fraction of sp³-hybridized carbons (Fsp3) is 0.500. The predicted molar refractivity (Wildman–Crippen MR) is 85.6 cm³/mol. The number of nitrogens with one attached hydrogen (secondary N) is 2. The van der Waals surface area contributed by atoms with E-state index in [9.17, 15) is 4.79 Å². The second kappa shape index (κ2) is 10.1. The molecule has 1 amide bonds. The summed E-state index contributed by atoms with van der Waals surface area (Å²) in [5.74, 6) is 0.0230. The van der Waals surface area contributed by atoms with Gasteiger partial charge in [-0.05, 0) is 32.1 Å². The van der Waals surface area contributed by atoms with E-state index in [-0.39, 0.29) is 18.3 Å². The topological polar surface area (TPSA) is 41.1 Å². The molecule has 108 valence electrons. The van der Waals surface area contributed by atoms with E-state index in [0.29, 0.717) is 11.8 Å². The maximum atomic E-state index is 12.1. The summed E-state index contributed by atoms with van der Waals surface area (Å²) in [6.45, 7) is 5.89. The Balaban J connectivity index is 0.00000324. The summed E-state index contributed by atoms with van der Waals surface area (Å²) in [4.78, 5) is 13.1. The van der Waals surface area contributed by atoms with Gasteiger partial charge in [-0.15, -0.1) is 24.2 Å². The summed E-state index contributed by atoms with van der Waals surface area (Å²) in [6, 6.07) is 7.78. The van der Waals surface area contributed by atoms with E-state index in [1.54, 1.807) is 11.8 Å². The van der Waals surface area contributed by atoms with Crippen LogP contribution in [0.5, 0.6) is 0 Å². The van der Waals surface area contributed by atoms with Crippen LogP contribution in [0, 0.1) is 0 Å². The Morgan fingerprint density at radius 1 is 1.26 bits per heavy atom. The van der Waals surface area contributed by atoms with E-state index in [0.717, 1.165) is 23.4 Å². The van der Waals surface area contributed by atoms with Crippen molar-refractivity contribution in [2.75, 3.05) is 20.1 Å². The summed E-state index contributed by atoms with van der Waals surface area (Å²) >= 11 is 1.72. The summed E-state index contributed by atoms with van der Waals surface area (Å²) < 4.78 is 0. The van der Waals surface area contributed by atoms with Crippen molar-refractivity contribution in [3.8, 4) is 0 Å². The van der Waals surface area contributed by atoms with Crippen LogP contribution in [0.2, 0.25) is 0 Å². The monoisotopic (exact) mass is 302 g/mol. The van der Waals surface area contributed by atoms with E-state index in [1.807, 2.05) is 31.3 Å². The van der Waals surface area contributed by atoms with Gasteiger partial charge in [0, 0.05) is 16.7 Å². The molecule has 0 heterocycles. The molecule has 0 bridgehead atoms. The largest absolute Gasteiger partial charge is 0.352 e. The maximum absolute atomic E-state index is 12.1. The first-order chi connectivity index (χ1) is 8.65. The SMILES string of the molecule is CNCCCNC(=O)c1ccccc1SC(C)C.Cl. The predicted octanol–water partition coefficient (Wildman–Crippen LogP) is 2.95. The molecule has 0 atom stereocenters. The average molecular weight is 303 g/mol. The first-order valence-electron chi connectivity index (χ1n) is 6.33. The van der Waals surface area contributed by atoms with Crippen LogP contribution in [-0.4, -0.2) is 31.3 Å². The molecule has 0 aliphatic carbocycles. The zero-order valence-electron chi connectivity index (χ0n) is 11.7. The van der Waals surface area contributed by atoms with Crippen molar-refractivity contribution in [1.82, 2.24) is 10.6 Å². The van der Waals surface area contributed by atoms with Crippen LogP contribution in [0.15, 0.2) is 29.2 Å². The highest BCUT2D eigenvalue weighted by Crippen LogP contribution is 2.26. The van der Waals surface area contributed by atoms with Crippen LogP contribution in [0.4, 0.5) is 0 Å². The zero-order valence-corrected chi connectivity index (χ0v) is 13.4. The van der Waals surface area contributed by atoms with Gasteiger partial charge in [-0.3, -0.25) is 4.79 Å². The molecule has 0 aliphatic heterocycles. The lowest BCUT2D eigenvalue weighted by molar-refractivity contribution is 0.0950. The molecule has 0 unspecified atom stereocenters. The van der Waals surface area contributed by atoms with Crippen molar-refractivity contribution in [3.05, 3.63) is 29.8 Å². The number of carbonyl (C=O) groups is 1. The van der Waals surface area contributed by atoms with Crippen molar-refractivity contribution in [1.29, 1.82) is 0 Å². The van der Waals surface area contributed by atoms with Gasteiger partial charge in [0.1, 0.15) is 0 Å². The van der Waals surface area contributed by atoms with Gasteiger partial charge in [-0.2, -0.15) is 0 Å². The summed E-state index contributed by atoms with van der Waals surface area (Å²) in [5, 5.41) is 6.49. The van der Waals surface area contributed by atoms with Crippen LogP contribution in [0.1, 0.15) is 30.6 Å². The van der Waals surface area contributed by atoms with E-state index in [2.05, 4.69) is 24.5 Å². The van der Waals surface area contributed by atoms with Crippen LogP contribution in [0.25, 0.3) is 0 Å². The van der Waals surface area contributed by atoms with Crippen LogP contribution >= 0.6 is 24.2 Å². The highest BCUT2D eigenvalue weighted by Gasteiger charge is 2.11. The van der Waals surface area contributed by atoms with Gasteiger partial charge in [-0.1, -0.05) is 26.0 Å². The number of hydrogen-bond donors (Lipinski definition) is 2. The lowest BCUT2D eigenvalue weighted by Crippen LogP contribution is -2.27. The molecule has 2 N–H and O–H groups in total. The van der Waals surface area contributed by atoms with Gasteiger partial charge in [-0.25, -0.2) is 0 Å². The number of carbonyl (C=O) groups excluding carboxylic acids is 1. The molecule has 0 saturated carbocycles. The van der Waals surface area contributed by atoms with Gasteiger partial charge in [0.05, 0.1) is 5.56 Å². The molecule has 0 saturated heterocycles. The van der Waals surface area contributed by atoms with E-state index in [4.69, 9.17) is 0 Å². The van der Waals surface area contributed by atoms with Crippen molar-refractivity contribution in [2.24, 2.45) is 0 Å². The quantitative estimate of drug-likeness (QED) is 0.601. The molecular weight excluding hydrogens is 280 g/mol. The molecule has 1 rings (SSSR count). The highest BCUT2D eigenvalue weighted by molar-refractivity contribution is 8.00. The number of rotatable bonds is 7. The lowest BCUT2D eigenvalue weighted by atomic mass is 10.2. The summed E-state index contributed by atoms with van der Waals surface area (Å²) in [5.41, 5.74) is 0.778. The smallest absolute Gasteiger partial charge is 0.252 e. The van der Waals surface area contributed by atoms with Crippen molar-refractivity contribution in [3.63, 3.8) is 0 Å². The molecular formula is C14H23ClN2OS. The molecule has 0 spiro atoms. The first kappa shape index (κ1) is 18.3. The number of benzene rings is 1. The van der Waals surface area contributed by atoms with Gasteiger partial charge < -0.3 is 10.6 Å². The minimum Gasteiger partial charge on any atom is -0.352 e. The summed E-state index contributed by atoms with van der Waals surface area (Å²) in [6.07, 6.45) is 0.946. The van der Waals surface area contributed by atoms with Crippen molar-refractivity contribution < 1.29 is 4.79 Å². The van der Waals surface area contributed by atoms with Gasteiger partial charge in [0.25, 0.3) is 5.91 Å². The molecule has 1 aromatic carbocycles. The number of amides is 1. The maximum Gasteiger partial charge on any atom is 0.252 e. The van der Waals surface area contributed by atoms with Gasteiger partial charge >= 0.3 is 0 Å². The highest BCUT2D eigenvalue weighted by atomic mass is 35.5. The van der Waals surface area contributed by atoms with Crippen molar-refractivity contribution >= 4 is 30.1 Å². The Morgan fingerprint density at radius 2 is 1.95 bits per heavy atom. The third-order valence-corrected chi connectivity index (χ3v) is 3.46. The first-order valence-corrected chi connectivity index (χ1v) is 7.21. The van der Waals surface area contributed by atoms with Crippen LogP contribution < -0.4 is 10.6 Å². The van der Waals surface area contributed by atoms with E-state index >= 15 is 0 Å². The van der Waals surface area contributed by atoms with Crippen LogP contribution in [-0.2, 0) is 0 Å². The molecule has 0 fully saturated rings. The second-order valence-corrected chi connectivity index (χ2v) is 5.99. The Hall–Kier alpha value is -0.710. The number of hydrogen-bond acceptors (Lipinski definition) is 3. The van der Waals surface area contributed by atoms with Crippen molar-refractivity contribution in [2.45, 2.75) is 30.4 Å². The molecule has 3 nitrogen and oxygen atoms in total. The normalized spacial score (nSPS) is 10.1. The zero-order chi connectivity index (χ0) is 13.4. The summed E-state index contributed by atoms with van der Waals surface area (Å²) in [7, 11) is 1.91. The third kappa shape index (κ3) is 6.85. The lowest BCUT2D eigenvalue weighted by Gasteiger charge is -2.11. The van der Waals surface area contributed by atoms with Gasteiger partial charge in [0.15, 0.2) is 0 Å². The Labute approximate surface area is 126 Å². The third-order valence-electron chi connectivity index (χ3n) is 2.38. The molecule has 19 heavy (non-hydrogen) atoms. The van der Waals surface area contributed by atoms with E-state index in [1.165, 1.54) is 0 Å². The molecule has 0 aromatic heterocycles. The Bertz CT molecular complexity index is 385. The van der Waals surface area contributed by atoms with Crippen LogP contribution in [0.3, 0.4) is 0 Å². The fourth-order valence-corrected chi connectivity index (χ4v) is 2.53. The van der Waals surface area contributed by atoms with Gasteiger partial charge in [0.2, 0.25) is 0 Å². The second-order valence-electron chi connectivity index (χ2n) is 4.38. The average Bonchev–Trinajstić information content (AvgIpc) is 2.34.